The van der Waals surface area contributed by atoms with E-state index in [1.807, 2.05) is 35.2 Å². The van der Waals surface area contributed by atoms with E-state index in [2.05, 4.69) is 22.2 Å². The second kappa shape index (κ2) is 9.99. The monoisotopic (exact) mass is 380 g/mol. The van der Waals surface area contributed by atoms with Gasteiger partial charge in [-0.3, -0.25) is 14.6 Å². The van der Waals surface area contributed by atoms with Crippen molar-refractivity contribution in [2.45, 2.75) is 25.7 Å². The summed E-state index contributed by atoms with van der Waals surface area (Å²) in [6.07, 6.45) is 4.60. The van der Waals surface area contributed by atoms with Crippen LogP contribution >= 0.6 is 0 Å². The molecule has 0 radical (unpaired) electrons. The summed E-state index contributed by atoms with van der Waals surface area (Å²) in [6, 6.07) is 13.1. The summed E-state index contributed by atoms with van der Waals surface area (Å²) in [5, 5.41) is 2.92. The van der Waals surface area contributed by atoms with Gasteiger partial charge in [0.05, 0.1) is 11.3 Å². The van der Waals surface area contributed by atoms with E-state index >= 15 is 0 Å². The highest BCUT2D eigenvalue weighted by Crippen LogP contribution is 2.19. The Kier molecular flexibility index (Phi) is 7.14. The lowest BCUT2D eigenvalue weighted by Gasteiger charge is -2.22. The van der Waals surface area contributed by atoms with Gasteiger partial charge in [0.25, 0.3) is 5.91 Å². The molecule has 1 saturated heterocycles. The molecule has 1 fully saturated rings. The topological polar surface area (TPSA) is 65.5 Å². The lowest BCUT2D eigenvalue weighted by atomic mass is 10.1. The number of amides is 2. The van der Waals surface area contributed by atoms with Gasteiger partial charge in [-0.25, -0.2) is 0 Å². The largest absolute Gasteiger partial charge is 0.337 e. The van der Waals surface area contributed by atoms with Crippen molar-refractivity contribution in [3.8, 4) is 0 Å². The molecule has 0 aliphatic carbocycles. The lowest BCUT2D eigenvalue weighted by molar-refractivity contribution is -0.116. The van der Waals surface area contributed by atoms with Crippen LogP contribution in [0.4, 0.5) is 5.69 Å². The minimum atomic E-state index is -0.0771. The maximum Gasteiger partial charge on any atom is 0.256 e. The highest BCUT2D eigenvalue weighted by Gasteiger charge is 2.21. The van der Waals surface area contributed by atoms with E-state index in [0.29, 0.717) is 24.2 Å². The summed E-state index contributed by atoms with van der Waals surface area (Å²) in [7, 11) is 2.08. The van der Waals surface area contributed by atoms with Crippen molar-refractivity contribution in [1.82, 2.24) is 14.8 Å². The number of hydrogen-bond acceptors (Lipinski definition) is 4. The molecule has 1 aliphatic rings. The van der Waals surface area contributed by atoms with Crippen LogP contribution in [0.3, 0.4) is 0 Å². The summed E-state index contributed by atoms with van der Waals surface area (Å²) in [5.41, 5.74) is 2.13. The number of rotatable bonds is 6. The number of nitrogens with zero attached hydrogens (tertiary/aromatic N) is 3. The van der Waals surface area contributed by atoms with Crippen molar-refractivity contribution in [3.05, 3.63) is 59.9 Å². The minimum absolute atomic E-state index is 0.0142. The molecular formula is C22H28N4O2. The SMILES string of the molecule is CN1CCCN(C(=O)c2ccccc2NC(=O)CCCc2ccccn2)CC1. The standard InChI is InChI=1S/C22H28N4O2/c1-25-14-7-15-26(17-16-25)22(28)19-10-2-3-11-20(19)24-21(27)12-6-9-18-8-4-5-13-23-18/h2-5,8,10-11,13H,6-7,9,12,14-17H2,1H3,(H,24,27). The molecule has 0 saturated carbocycles. The molecule has 0 bridgehead atoms. The molecule has 0 unspecified atom stereocenters. The Labute approximate surface area is 166 Å². The lowest BCUT2D eigenvalue weighted by Crippen LogP contribution is -2.35. The van der Waals surface area contributed by atoms with Crippen molar-refractivity contribution in [1.29, 1.82) is 0 Å². The van der Waals surface area contributed by atoms with Crippen molar-refractivity contribution >= 4 is 17.5 Å². The Morgan fingerprint density at radius 2 is 1.86 bits per heavy atom. The zero-order valence-electron chi connectivity index (χ0n) is 16.4. The second-order valence-corrected chi connectivity index (χ2v) is 7.22. The summed E-state index contributed by atoms with van der Waals surface area (Å²) >= 11 is 0. The molecule has 0 spiro atoms. The third kappa shape index (κ3) is 5.63. The van der Waals surface area contributed by atoms with E-state index in [0.717, 1.165) is 44.6 Å². The number of aryl methyl sites for hydroxylation is 1. The predicted octanol–water partition coefficient (Wildman–Crippen LogP) is 2.82. The van der Waals surface area contributed by atoms with E-state index in [1.54, 1.807) is 18.3 Å². The van der Waals surface area contributed by atoms with Gasteiger partial charge in [0, 0.05) is 37.9 Å². The first-order valence-electron chi connectivity index (χ1n) is 9.90. The molecule has 28 heavy (non-hydrogen) atoms. The van der Waals surface area contributed by atoms with Gasteiger partial charge >= 0.3 is 0 Å². The van der Waals surface area contributed by atoms with Crippen LogP contribution in [-0.4, -0.2) is 59.8 Å². The van der Waals surface area contributed by atoms with Crippen LogP contribution in [-0.2, 0) is 11.2 Å². The highest BCUT2D eigenvalue weighted by atomic mass is 16.2. The average molecular weight is 380 g/mol. The molecule has 1 N–H and O–H groups in total. The van der Waals surface area contributed by atoms with E-state index < -0.39 is 0 Å². The Morgan fingerprint density at radius 1 is 1.04 bits per heavy atom. The molecule has 3 rings (SSSR count). The first-order chi connectivity index (χ1) is 13.6. The Bertz CT molecular complexity index is 794. The predicted molar refractivity (Wildman–Crippen MR) is 110 cm³/mol. The highest BCUT2D eigenvalue weighted by molar-refractivity contribution is 6.03. The number of pyridine rings is 1. The normalized spacial score (nSPS) is 15.1. The van der Waals surface area contributed by atoms with Gasteiger partial charge in [-0.2, -0.15) is 0 Å². The smallest absolute Gasteiger partial charge is 0.256 e. The minimum Gasteiger partial charge on any atom is -0.337 e. The summed E-state index contributed by atoms with van der Waals surface area (Å²) < 4.78 is 0. The van der Waals surface area contributed by atoms with Crippen molar-refractivity contribution in [2.75, 3.05) is 38.5 Å². The molecule has 2 amide bonds. The fourth-order valence-electron chi connectivity index (χ4n) is 3.39. The van der Waals surface area contributed by atoms with Crippen LogP contribution in [0.5, 0.6) is 0 Å². The first kappa shape index (κ1) is 20.0. The summed E-state index contributed by atoms with van der Waals surface area (Å²) in [4.78, 5) is 33.8. The molecule has 0 atom stereocenters. The number of aromatic nitrogens is 1. The van der Waals surface area contributed by atoms with E-state index in [-0.39, 0.29) is 11.8 Å². The van der Waals surface area contributed by atoms with Gasteiger partial charge in [-0.15, -0.1) is 0 Å². The van der Waals surface area contributed by atoms with Crippen molar-refractivity contribution in [2.24, 2.45) is 0 Å². The fourth-order valence-corrected chi connectivity index (χ4v) is 3.39. The maximum absolute atomic E-state index is 13.0. The molecule has 1 aromatic heterocycles. The van der Waals surface area contributed by atoms with Crippen LogP contribution in [0.15, 0.2) is 48.7 Å². The molecule has 2 heterocycles. The van der Waals surface area contributed by atoms with Gasteiger partial charge in [0.1, 0.15) is 0 Å². The van der Waals surface area contributed by atoms with E-state index in [9.17, 15) is 9.59 Å². The van der Waals surface area contributed by atoms with E-state index in [1.165, 1.54) is 0 Å². The van der Waals surface area contributed by atoms with Crippen LogP contribution in [0, 0.1) is 0 Å². The van der Waals surface area contributed by atoms with Gasteiger partial charge in [-0.05, 0) is 57.1 Å². The molecule has 2 aromatic rings. The zero-order chi connectivity index (χ0) is 19.8. The summed E-state index contributed by atoms with van der Waals surface area (Å²) in [6.45, 7) is 3.32. The number of carbonyl (C=O) groups excluding carboxylic acids is 2. The van der Waals surface area contributed by atoms with Gasteiger partial charge in [0.2, 0.25) is 5.91 Å². The van der Waals surface area contributed by atoms with Gasteiger partial charge in [-0.1, -0.05) is 18.2 Å². The number of likely N-dealkylation sites (N-methyl/N-ethyl adjacent to an activating group) is 1. The number of hydrogen-bond donors (Lipinski definition) is 1. The Hall–Kier alpha value is -2.73. The molecule has 1 aromatic carbocycles. The third-order valence-corrected chi connectivity index (χ3v) is 5.00. The van der Waals surface area contributed by atoms with E-state index in [4.69, 9.17) is 0 Å². The molecule has 1 aliphatic heterocycles. The van der Waals surface area contributed by atoms with Crippen molar-refractivity contribution in [3.63, 3.8) is 0 Å². The number of nitrogens with one attached hydrogen (secondary N) is 1. The quantitative estimate of drug-likeness (QED) is 0.837. The van der Waals surface area contributed by atoms with Crippen LogP contribution < -0.4 is 5.32 Å². The summed E-state index contributed by atoms with van der Waals surface area (Å²) in [5.74, 6) is -0.0912. The number of benzene rings is 1. The fraction of sp³-hybridized carbons (Fsp3) is 0.409. The third-order valence-electron chi connectivity index (χ3n) is 5.00. The molecule has 148 valence electrons. The van der Waals surface area contributed by atoms with Crippen molar-refractivity contribution < 1.29 is 9.59 Å². The molecule has 6 nitrogen and oxygen atoms in total. The molecule has 6 heteroatoms. The first-order valence-corrected chi connectivity index (χ1v) is 9.90. The average Bonchev–Trinajstić information content (AvgIpc) is 2.93. The maximum atomic E-state index is 13.0. The van der Waals surface area contributed by atoms with Gasteiger partial charge in [0.15, 0.2) is 0 Å². The Balaban J connectivity index is 1.58. The zero-order valence-corrected chi connectivity index (χ0v) is 16.4. The second-order valence-electron chi connectivity index (χ2n) is 7.22. The van der Waals surface area contributed by atoms with Crippen LogP contribution in [0.1, 0.15) is 35.3 Å². The Morgan fingerprint density at radius 3 is 2.68 bits per heavy atom. The number of anilines is 1. The van der Waals surface area contributed by atoms with Gasteiger partial charge < -0.3 is 15.1 Å². The van der Waals surface area contributed by atoms with Crippen LogP contribution in [0.25, 0.3) is 0 Å². The number of para-hydroxylation sites is 1. The number of carbonyl (C=O) groups is 2. The van der Waals surface area contributed by atoms with Crippen LogP contribution in [0.2, 0.25) is 0 Å². The molecular weight excluding hydrogens is 352 g/mol.